The van der Waals surface area contributed by atoms with Gasteiger partial charge in [-0.3, -0.25) is 19.2 Å². The molecule has 0 fully saturated rings. The molecule has 0 saturated carbocycles. The molecule has 0 atom stereocenters. The largest absolute Gasteiger partial charge is 0.502 e. The number of benzene rings is 3. The molecule has 13 nitrogen and oxygen atoms in total. The number of phenolic OH excluding ortho intramolecular Hbond substituents is 1. The Balaban J connectivity index is 1.69. The second kappa shape index (κ2) is 13.9. The van der Waals surface area contributed by atoms with Gasteiger partial charge in [-0.05, 0) is 36.4 Å². The van der Waals surface area contributed by atoms with Crippen LogP contribution in [0.25, 0.3) is 33.9 Å². The number of imidazole rings is 1. The van der Waals surface area contributed by atoms with Crippen LogP contribution >= 0.6 is 0 Å². The minimum Gasteiger partial charge on any atom is -0.502 e. The summed E-state index contributed by atoms with van der Waals surface area (Å²) in [6.07, 6.45) is -0.858. The molecule has 4 rings (SSSR count). The number of nitrogens with zero attached hydrogens (tertiary/aromatic N) is 1. The lowest BCUT2D eigenvalue weighted by Crippen LogP contribution is -2.13. The van der Waals surface area contributed by atoms with Crippen LogP contribution in [0.15, 0.2) is 60.7 Å². The van der Waals surface area contributed by atoms with Gasteiger partial charge in [0.2, 0.25) is 17.6 Å². The number of carboxylic acids is 2. The fourth-order valence-electron chi connectivity index (χ4n) is 4.28. The van der Waals surface area contributed by atoms with Gasteiger partial charge in [0, 0.05) is 40.9 Å². The van der Waals surface area contributed by atoms with E-state index in [4.69, 9.17) is 24.7 Å². The number of carbonyl (C=O) groups is 4. The topological polar surface area (TPSA) is 200 Å². The van der Waals surface area contributed by atoms with Crippen LogP contribution in [0.3, 0.4) is 0 Å². The number of carboxylic acid groups (broad SMARTS) is 2. The molecular weight excluding hydrogens is 572 g/mol. The lowest BCUT2D eigenvalue weighted by molar-refractivity contribution is -0.138. The number of aromatic hydroxyl groups is 1. The third-order valence-corrected chi connectivity index (χ3v) is 6.49. The molecule has 0 aliphatic carbocycles. The average Bonchev–Trinajstić information content (AvgIpc) is 3.45. The van der Waals surface area contributed by atoms with Gasteiger partial charge in [-0.2, -0.15) is 0 Å². The third-order valence-electron chi connectivity index (χ3n) is 6.49. The first-order valence-electron chi connectivity index (χ1n) is 13.4. The summed E-state index contributed by atoms with van der Waals surface area (Å²) < 4.78 is 10.6. The molecule has 0 saturated heterocycles. The van der Waals surface area contributed by atoms with Crippen LogP contribution in [0.5, 0.6) is 17.2 Å². The normalized spacial score (nSPS) is 10.6. The molecule has 0 aliphatic rings. The zero-order chi connectivity index (χ0) is 31.8. The van der Waals surface area contributed by atoms with Crippen molar-refractivity contribution in [2.75, 3.05) is 24.9 Å². The van der Waals surface area contributed by atoms with Gasteiger partial charge in [0.05, 0.1) is 38.4 Å². The van der Waals surface area contributed by atoms with E-state index in [9.17, 15) is 24.3 Å². The molecule has 4 aromatic rings. The fourth-order valence-corrected chi connectivity index (χ4v) is 4.28. The number of ether oxygens (including phenoxy) is 2. The van der Waals surface area contributed by atoms with Crippen molar-refractivity contribution in [3.63, 3.8) is 0 Å². The van der Waals surface area contributed by atoms with Crippen molar-refractivity contribution in [2.45, 2.75) is 25.7 Å². The van der Waals surface area contributed by atoms with Gasteiger partial charge in [0.25, 0.3) is 0 Å². The fraction of sp³-hybridized carbons (Fsp3) is 0.194. The van der Waals surface area contributed by atoms with E-state index >= 15 is 0 Å². The van der Waals surface area contributed by atoms with Crippen molar-refractivity contribution in [3.8, 4) is 51.2 Å². The molecular formula is C31H30N4O9. The molecule has 0 radical (unpaired) electrons. The number of carbonyl (C=O) groups excluding carboxylic acids is 2. The maximum absolute atomic E-state index is 12.1. The molecule has 3 aromatic carbocycles. The molecule has 13 heteroatoms. The van der Waals surface area contributed by atoms with Gasteiger partial charge >= 0.3 is 11.9 Å². The minimum absolute atomic E-state index is 0.152. The van der Waals surface area contributed by atoms with Crippen LogP contribution in [0.1, 0.15) is 25.7 Å². The summed E-state index contributed by atoms with van der Waals surface area (Å²) in [6.45, 7) is 0. The summed E-state index contributed by atoms with van der Waals surface area (Å²) in [6, 6.07) is 17.0. The Hall–Kier alpha value is -5.85. The van der Waals surface area contributed by atoms with E-state index in [0.717, 1.165) is 0 Å². The number of hydrogen-bond donors (Lipinski definition) is 6. The number of aromatic nitrogens is 2. The smallest absolute Gasteiger partial charge is 0.303 e. The number of methoxy groups -OCH3 is 2. The van der Waals surface area contributed by atoms with Gasteiger partial charge in [0.1, 0.15) is 5.82 Å². The third kappa shape index (κ3) is 7.70. The van der Waals surface area contributed by atoms with Crippen LogP contribution in [-0.4, -0.2) is 63.3 Å². The van der Waals surface area contributed by atoms with Gasteiger partial charge in [-0.15, -0.1) is 0 Å². The monoisotopic (exact) mass is 602 g/mol. The molecule has 1 heterocycles. The number of amides is 2. The molecule has 1 aromatic heterocycles. The van der Waals surface area contributed by atoms with E-state index in [1.165, 1.54) is 14.2 Å². The Bertz CT molecular complexity index is 1560. The van der Waals surface area contributed by atoms with E-state index < -0.39 is 23.8 Å². The van der Waals surface area contributed by atoms with E-state index in [1.807, 2.05) is 0 Å². The quantitative estimate of drug-likeness (QED) is 0.124. The van der Waals surface area contributed by atoms with E-state index in [0.29, 0.717) is 45.3 Å². The summed E-state index contributed by atoms with van der Waals surface area (Å²) in [5.74, 6) is -2.32. The first kappa shape index (κ1) is 31.1. The summed E-state index contributed by atoms with van der Waals surface area (Å²) in [7, 11) is 2.84. The van der Waals surface area contributed by atoms with Crippen LogP contribution in [0, 0.1) is 0 Å². The molecule has 0 aliphatic heterocycles. The number of aromatic amines is 1. The number of anilines is 2. The van der Waals surface area contributed by atoms with Crippen molar-refractivity contribution in [2.24, 2.45) is 0 Å². The lowest BCUT2D eigenvalue weighted by Gasteiger charge is -2.10. The first-order valence-corrected chi connectivity index (χ1v) is 13.4. The molecule has 6 N–H and O–H groups in total. The number of phenols is 1. The SMILES string of the molecule is COc1cc(-c2nc(-c3ccc(NC(=O)CCC(=O)O)cc3)c(-c3ccc(NC(=O)CCC(=O)O)cc3)[nH]2)cc(OC)c1O. The van der Waals surface area contributed by atoms with Crippen LogP contribution in [-0.2, 0) is 19.2 Å². The van der Waals surface area contributed by atoms with Crippen LogP contribution in [0.4, 0.5) is 11.4 Å². The molecule has 0 bridgehead atoms. The van der Waals surface area contributed by atoms with Crippen LogP contribution < -0.4 is 20.1 Å². The Labute approximate surface area is 251 Å². The maximum Gasteiger partial charge on any atom is 0.303 e. The zero-order valence-corrected chi connectivity index (χ0v) is 23.8. The highest BCUT2D eigenvalue weighted by Gasteiger charge is 2.19. The summed E-state index contributed by atoms with van der Waals surface area (Å²) in [4.78, 5) is 53.8. The van der Waals surface area contributed by atoms with Crippen molar-refractivity contribution in [1.29, 1.82) is 0 Å². The number of hydrogen-bond acceptors (Lipinski definition) is 8. The van der Waals surface area contributed by atoms with Crippen LogP contribution in [0.2, 0.25) is 0 Å². The standard InChI is InChI=1S/C31H30N4O9/c1-43-22-15-19(16-23(44-2)30(22)42)31-34-28(17-3-7-20(8-4-17)32-24(36)11-13-26(38)39)29(35-31)18-5-9-21(10-6-18)33-25(37)12-14-27(40)41/h3-10,15-16,42H,11-14H2,1-2H3,(H,32,36)(H,33,37)(H,34,35)(H,38,39)(H,40,41). The number of aliphatic carboxylic acids is 2. The number of H-pyrrole nitrogens is 1. The molecule has 0 unspecified atom stereocenters. The van der Waals surface area contributed by atoms with Gasteiger partial charge in [-0.25, -0.2) is 4.98 Å². The lowest BCUT2D eigenvalue weighted by atomic mass is 10.0. The van der Waals surface area contributed by atoms with E-state index in [1.54, 1.807) is 60.7 Å². The maximum atomic E-state index is 12.1. The molecule has 44 heavy (non-hydrogen) atoms. The van der Waals surface area contributed by atoms with Crippen molar-refractivity contribution in [3.05, 3.63) is 60.7 Å². The highest BCUT2D eigenvalue weighted by Crippen LogP contribution is 2.41. The Morgan fingerprint density at radius 2 is 1.16 bits per heavy atom. The Kier molecular flexibility index (Phi) is 9.81. The highest BCUT2D eigenvalue weighted by molar-refractivity contribution is 5.94. The Morgan fingerprint density at radius 3 is 1.59 bits per heavy atom. The zero-order valence-electron chi connectivity index (χ0n) is 23.8. The minimum atomic E-state index is -1.06. The summed E-state index contributed by atoms with van der Waals surface area (Å²) in [5, 5.41) is 33.3. The molecule has 0 spiro atoms. The van der Waals surface area contributed by atoms with Gasteiger partial charge in [-0.1, -0.05) is 24.3 Å². The molecule has 2 amide bonds. The average molecular weight is 603 g/mol. The van der Waals surface area contributed by atoms with E-state index in [2.05, 4.69) is 15.6 Å². The highest BCUT2D eigenvalue weighted by atomic mass is 16.5. The first-order chi connectivity index (χ1) is 21.1. The second-order valence-electron chi connectivity index (χ2n) is 9.58. The Morgan fingerprint density at radius 1 is 0.705 bits per heavy atom. The summed E-state index contributed by atoms with van der Waals surface area (Å²) in [5.41, 5.74) is 4.11. The predicted molar refractivity (Wildman–Crippen MR) is 161 cm³/mol. The molecule has 228 valence electrons. The van der Waals surface area contributed by atoms with Gasteiger partial charge in [0.15, 0.2) is 11.5 Å². The summed E-state index contributed by atoms with van der Waals surface area (Å²) >= 11 is 0. The predicted octanol–water partition coefficient (Wildman–Crippen LogP) is 4.74. The van der Waals surface area contributed by atoms with E-state index in [-0.39, 0.29) is 42.9 Å². The van der Waals surface area contributed by atoms with Crippen molar-refractivity contribution < 1.29 is 44.0 Å². The number of nitrogens with one attached hydrogen (secondary N) is 3. The van der Waals surface area contributed by atoms with Crippen molar-refractivity contribution >= 4 is 35.1 Å². The second-order valence-corrected chi connectivity index (χ2v) is 9.58. The number of rotatable bonds is 13. The van der Waals surface area contributed by atoms with Gasteiger partial charge < -0.3 is 40.4 Å². The van der Waals surface area contributed by atoms with Crippen molar-refractivity contribution in [1.82, 2.24) is 9.97 Å².